The highest BCUT2D eigenvalue weighted by atomic mass is 16.6. The summed E-state index contributed by atoms with van der Waals surface area (Å²) >= 11 is 0. The Morgan fingerprint density at radius 3 is 1.77 bits per heavy atom. The second kappa shape index (κ2) is 6.74. The molecule has 2 rings (SSSR count). The molecule has 1 heterocycles. The Morgan fingerprint density at radius 2 is 1.55 bits per heavy atom. The lowest BCUT2D eigenvalue weighted by Crippen LogP contribution is -1.97. The predicted molar refractivity (Wildman–Crippen MR) is 71.3 cm³/mol. The maximum absolute atomic E-state index is 10.4. The maximum Gasteiger partial charge on any atom is 0.324 e. The number of hydrogen-bond acceptors (Lipinski definition) is 8. The highest BCUT2D eigenvalue weighted by Gasteiger charge is 2.30. The first-order chi connectivity index (χ1) is 10.2. The minimum Gasteiger partial charge on any atom is -0.497 e. The van der Waals surface area contributed by atoms with Crippen molar-refractivity contribution >= 4 is 17.1 Å². The quantitative estimate of drug-likeness (QED) is 0.657. The van der Waals surface area contributed by atoms with Crippen LogP contribution >= 0.6 is 0 Å². The first-order valence-electron chi connectivity index (χ1n) is 5.46. The van der Waals surface area contributed by atoms with Crippen molar-refractivity contribution in [3.05, 3.63) is 61.2 Å². The zero-order valence-electron chi connectivity index (χ0n) is 11.0. The van der Waals surface area contributed by atoms with E-state index in [2.05, 4.69) is 4.98 Å². The van der Waals surface area contributed by atoms with Gasteiger partial charge >= 0.3 is 11.4 Å². The monoisotopic (exact) mass is 311 g/mol. The number of phenolic OH excluding ortho intramolecular Hbond substituents is 1. The van der Waals surface area contributed by atoms with Gasteiger partial charge in [-0.25, -0.2) is 4.98 Å². The Labute approximate surface area is 121 Å². The molecule has 116 valence electrons. The third-order valence-corrected chi connectivity index (χ3v) is 2.30. The summed E-state index contributed by atoms with van der Waals surface area (Å²) in [6, 6.07) is 0.894. The third-order valence-electron chi connectivity index (χ3n) is 2.30. The van der Waals surface area contributed by atoms with Gasteiger partial charge in [-0.15, -0.1) is 0 Å². The fourth-order valence-corrected chi connectivity index (χ4v) is 1.30. The Bertz CT molecular complexity index is 677. The van der Waals surface area contributed by atoms with Crippen molar-refractivity contribution in [1.82, 2.24) is 9.55 Å². The Hall–Kier alpha value is -3.57. The van der Waals surface area contributed by atoms with Crippen molar-refractivity contribution in [3.8, 4) is 5.75 Å². The number of rotatable bonds is 3. The van der Waals surface area contributed by atoms with E-state index in [1.54, 1.807) is 12.5 Å². The largest absolute Gasteiger partial charge is 0.497 e. The number of nitro benzene ring substituents is 3. The van der Waals surface area contributed by atoms with Crippen LogP contribution in [0.25, 0.3) is 0 Å². The van der Waals surface area contributed by atoms with E-state index in [0.717, 1.165) is 0 Å². The van der Waals surface area contributed by atoms with Gasteiger partial charge in [0.25, 0.3) is 11.4 Å². The molecule has 0 radical (unpaired) electrons. The molecule has 12 heteroatoms. The zero-order valence-corrected chi connectivity index (χ0v) is 11.0. The summed E-state index contributed by atoms with van der Waals surface area (Å²) < 4.78 is 1.89. The van der Waals surface area contributed by atoms with Gasteiger partial charge < -0.3 is 9.67 Å². The number of hydrogen-bond donors (Lipinski definition) is 1. The van der Waals surface area contributed by atoms with Gasteiger partial charge in [-0.05, 0) is 0 Å². The van der Waals surface area contributed by atoms with Crippen LogP contribution in [0.5, 0.6) is 5.75 Å². The second-order valence-electron chi connectivity index (χ2n) is 3.83. The summed E-state index contributed by atoms with van der Waals surface area (Å²) in [6.45, 7) is 0. The van der Waals surface area contributed by atoms with Gasteiger partial charge in [0.15, 0.2) is 0 Å². The first kappa shape index (κ1) is 16.5. The van der Waals surface area contributed by atoms with Gasteiger partial charge in [-0.3, -0.25) is 30.3 Å². The summed E-state index contributed by atoms with van der Waals surface area (Å²) in [5.41, 5.74) is -3.00. The fraction of sp³-hybridized carbons (Fsp3) is 0.100. The number of nitro groups is 3. The van der Waals surface area contributed by atoms with Gasteiger partial charge in [0, 0.05) is 19.4 Å². The molecular weight excluding hydrogens is 302 g/mol. The number of aromatic hydroxyl groups is 1. The molecule has 1 aromatic heterocycles. The smallest absolute Gasteiger partial charge is 0.324 e. The average Bonchev–Trinajstić information content (AvgIpc) is 2.89. The van der Waals surface area contributed by atoms with Crippen molar-refractivity contribution < 1.29 is 19.9 Å². The lowest BCUT2D eigenvalue weighted by atomic mass is 10.2. The Kier molecular flexibility index (Phi) is 5.05. The minimum absolute atomic E-state index is 0.447. The van der Waals surface area contributed by atoms with E-state index in [4.69, 9.17) is 5.11 Å². The number of aryl methyl sites for hydroxylation is 1. The Morgan fingerprint density at radius 1 is 1.05 bits per heavy atom. The first-order valence-corrected chi connectivity index (χ1v) is 5.46. The topological polar surface area (TPSA) is 167 Å². The molecule has 0 bridgehead atoms. The average molecular weight is 311 g/mol. The molecule has 2 aromatic rings. The Balaban J connectivity index is 0.000000335. The fourth-order valence-electron chi connectivity index (χ4n) is 1.30. The van der Waals surface area contributed by atoms with Gasteiger partial charge in [0.1, 0.15) is 0 Å². The maximum atomic E-state index is 10.4. The van der Waals surface area contributed by atoms with Crippen LogP contribution in [0, 0.1) is 30.3 Å². The van der Waals surface area contributed by atoms with Crippen LogP contribution in [0.3, 0.4) is 0 Å². The normalized spacial score (nSPS) is 9.50. The standard InChI is InChI=1S/C6H3N3O7.C4H6N2/c10-6-4(8(13)14)1-3(7(11)12)2-5(6)9(15)16;1-6-3-2-5-4-6/h1-2,10H;2-4H,1H3. The van der Waals surface area contributed by atoms with Gasteiger partial charge in [-0.2, -0.15) is 0 Å². The number of benzene rings is 1. The number of nitrogens with zero attached hydrogens (tertiary/aromatic N) is 5. The summed E-state index contributed by atoms with van der Waals surface area (Å²) in [5, 5.41) is 40.2. The lowest BCUT2D eigenvalue weighted by Gasteiger charge is -1.97. The van der Waals surface area contributed by atoms with E-state index < -0.39 is 37.6 Å². The van der Waals surface area contributed by atoms with Crippen LogP contribution in [0.2, 0.25) is 0 Å². The van der Waals surface area contributed by atoms with E-state index >= 15 is 0 Å². The van der Waals surface area contributed by atoms with Crippen molar-refractivity contribution in [3.63, 3.8) is 0 Å². The molecule has 0 aliphatic rings. The summed E-state index contributed by atoms with van der Waals surface area (Å²) in [7, 11) is 1.94. The molecule has 0 atom stereocenters. The highest BCUT2D eigenvalue weighted by Crippen LogP contribution is 2.38. The molecule has 0 spiro atoms. The summed E-state index contributed by atoms with van der Waals surface area (Å²) in [4.78, 5) is 31.6. The van der Waals surface area contributed by atoms with E-state index in [9.17, 15) is 30.3 Å². The second-order valence-corrected chi connectivity index (χ2v) is 3.83. The van der Waals surface area contributed by atoms with Crippen molar-refractivity contribution in [1.29, 1.82) is 0 Å². The van der Waals surface area contributed by atoms with E-state index in [1.165, 1.54) is 0 Å². The van der Waals surface area contributed by atoms with E-state index in [1.807, 2.05) is 17.8 Å². The summed E-state index contributed by atoms with van der Waals surface area (Å²) in [5.74, 6) is -1.21. The minimum atomic E-state index is -1.21. The van der Waals surface area contributed by atoms with Crippen molar-refractivity contribution in [2.75, 3.05) is 0 Å². The van der Waals surface area contributed by atoms with E-state index in [-0.39, 0.29) is 0 Å². The molecule has 0 saturated carbocycles. The van der Waals surface area contributed by atoms with Crippen molar-refractivity contribution in [2.24, 2.45) is 7.05 Å². The number of non-ortho nitro benzene ring substituents is 1. The molecule has 0 unspecified atom stereocenters. The van der Waals surface area contributed by atoms with Crippen LogP contribution in [-0.4, -0.2) is 29.4 Å². The lowest BCUT2D eigenvalue weighted by molar-refractivity contribution is -0.404. The molecule has 22 heavy (non-hydrogen) atoms. The van der Waals surface area contributed by atoms with Gasteiger partial charge in [0.05, 0.1) is 33.2 Å². The van der Waals surface area contributed by atoms with Crippen molar-refractivity contribution in [2.45, 2.75) is 0 Å². The van der Waals surface area contributed by atoms with Crippen LogP contribution in [0.1, 0.15) is 0 Å². The molecule has 0 saturated heterocycles. The number of phenols is 1. The predicted octanol–water partition coefficient (Wildman–Crippen LogP) is 1.54. The molecular formula is C10H9N5O7. The molecule has 1 aromatic carbocycles. The van der Waals surface area contributed by atoms with Crippen LogP contribution in [0.4, 0.5) is 17.1 Å². The van der Waals surface area contributed by atoms with Crippen LogP contribution < -0.4 is 0 Å². The molecule has 0 aliphatic carbocycles. The van der Waals surface area contributed by atoms with Crippen LogP contribution in [-0.2, 0) is 7.05 Å². The molecule has 0 fully saturated rings. The molecule has 0 aliphatic heterocycles. The van der Waals surface area contributed by atoms with Gasteiger partial charge in [0.2, 0.25) is 0 Å². The molecule has 0 amide bonds. The van der Waals surface area contributed by atoms with Crippen LogP contribution in [0.15, 0.2) is 30.9 Å². The SMILES string of the molecule is Cn1ccnc1.O=[N+]([O-])c1cc([N+](=O)[O-])c(O)c([N+](=O)[O-])c1. The molecule has 12 nitrogen and oxygen atoms in total. The highest BCUT2D eigenvalue weighted by molar-refractivity contribution is 5.64. The molecule has 1 N–H and O–H groups in total. The van der Waals surface area contributed by atoms with Gasteiger partial charge in [-0.1, -0.05) is 0 Å². The zero-order chi connectivity index (χ0) is 16.9. The third kappa shape index (κ3) is 3.96. The number of aromatic nitrogens is 2. The number of imidazole rings is 1. The summed E-state index contributed by atoms with van der Waals surface area (Å²) in [6.07, 6.45) is 5.39. The van der Waals surface area contributed by atoms with E-state index in [0.29, 0.717) is 12.1 Å².